The normalized spacial score (nSPS) is 13.9. The largest absolute Gasteiger partial charge is 0.309 e. The molecule has 2 atom stereocenters. The SMILES string of the molecule is CCCNC(c1cccc(F)c1Br)C(C)c1ccccn1. The first kappa shape index (κ1) is 16.1. The lowest BCUT2D eigenvalue weighted by Gasteiger charge is -2.26. The summed E-state index contributed by atoms with van der Waals surface area (Å²) in [6.45, 7) is 5.12. The molecule has 2 unspecified atom stereocenters. The number of nitrogens with zero attached hydrogens (tertiary/aromatic N) is 1. The van der Waals surface area contributed by atoms with Gasteiger partial charge in [0.05, 0.1) is 4.47 Å². The summed E-state index contributed by atoms with van der Waals surface area (Å²) in [5, 5.41) is 3.52. The molecule has 0 aliphatic carbocycles. The fraction of sp³-hybridized carbons (Fsp3) is 0.353. The maximum Gasteiger partial charge on any atom is 0.137 e. The maximum absolute atomic E-state index is 13.8. The zero-order valence-electron chi connectivity index (χ0n) is 12.3. The van der Waals surface area contributed by atoms with E-state index in [-0.39, 0.29) is 17.8 Å². The Morgan fingerprint density at radius 2 is 2.05 bits per heavy atom. The van der Waals surface area contributed by atoms with E-state index in [1.807, 2.05) is 24.3 Å². The van der Waals surface area contributed by atoms with Crippen LogP contribution in [0.5, 0.6) is 0 Å². The highest BCUT2D eigenvalue weighted by molar-refractivity contribution is 9.10. The molecule has 0 spiro atoms. The van der Waals surface area contributed by atoms with Crippen molar-refractivity contribution >= 4 is 15.9 Å². The first-order valence-electron chi connectivity index (χ1n) is 7.23. The molecule has 21 heavy (non-hydrogen) atoms. The van der Waals surface area contributed by atoms with Gasteiger partial charge in [0.25, 0.3) is 0 Å². The van der Waals surface area contributed by atoms with Gasteiger partial charge in [0.15, 0.2) is 0 Å². The Kier molecular flexibility index (Phi) is 5.88. The van der Waals surface area contributed by atoms with Crippen molar-refractivity contribution in [3.05, 3.63) is 64.1 Å². The van der Waals surface area contributed by atoms with Gasteiger partial charge in [-0.1, -0.05) is 32.0 Å². The quantitative estimate of drug-likeness (QED) is 0.807. The molecule has 0 aliphatic heterocycles. The average molecular weight is 351 g/mol. The van der Waals surface area contributed by atoms with Crippen LogP contribution in [0.2, 0.25) is 0 Å². The molecule has 0 saturated carbocycles. The molecular weight excluding hydrogens is 331 g/mol. The molecule has 0 saturated heterocycles. The van der Waals surface area contributed by atoms with E-state index in [0.29, 0.717) is 4.47 Å². The molecule has 0 bridgehead atoms. The van der Waals surface area contributed by atoms with Crippen molar-refractivity contribution in [2.75, 3.05) is 6.54 Å². The van der Waals surface area contributed by atoms with Crippen LogP contribution in [0.4, 0.5) is 4.39 Å². The maximum atomic E-state index is 13.8. The first-order valence-corrected chi connectivity index (χ1v) is 8.02. The molecule has 1 heterocycles. The number of rotatable bonds is 6. The van der Waals surface area contributed by atoms with Crippen LogP contribution in [-0.4, -0.2) is 11.5 Å². The lowest BCUT2D eigenvalue weighted by molar-refractivity contribution is 0.455. The van der Waals surface area contributed by atoms with Gasteiger partial charge in [0, 0.05) is 23.9 Å². The van der Waals surface area contributed by atoms with Gasteiger partial charge < -0.3 is 5.32 Å². The van der Waals surface area contributed by atoms with Gasteiger partial charge in [-0.2, -0.15) is 0 Å². The van der Waals surface area contributed by atoms with E-state index in [1.54, 1.807) is 12.3 Å². The van der Waals surface area contributed by atoms with Crippen molar-refractivity contribution in [3.63, 3.8) is 0 Å². The fourth-order valence-corrected chi connectivity index (χ4v) is 2.94. The number of hydrogen-bond acceptors (Lipinski definition) is 2. The summed E-state index contributed by atoms with van der Waals surface area (Å²) in [6, 6.07) is 11.1. The van der Waals surface area contributed by atoms with Gasteiger partial charge in [-0.3, -0.25) is 4.98 Å². The van der Waals surface area contributed by atoms with Gasteiger partial charge in [-0.25, -0.2) is 4.39 Å². The molecule has 2 rings (SSSR count). The minimum Gasteiger partial charge on any atom is -0.309 e. The van der Waals surface area contributed by atoms with Crippen molar-refractivity contribution in [1.29, 1.82) is 0 Å². The average Bonchev–Trinajstić information content (AvgIpc) is 2.52. The Morgan fingerprint density at radius 3 is 2.71 bits per heavy atom. The molecule has 1 N–H and O–H groups in total. The van der Waals surface area contributed by atoms with Crippen LogP contribution in [0.3, 0.4) is 0 Å². The van der Waals surface area contributed by atoms with Crippen molar-refractivity contribution in [2.24, 2.45) is 0 Å². The Labute approximate surface area is 133 Å². The second-order valence-electron chi connectivity index (χ2n) is 5.12. The van der Waals surface area contributed by atoms with Gasteiger partial charge in [-0.05, 0) is 52.7 Å². The minimum atomic E-state index is -0.232. The summed E-state index contributed by atoms with van der Waals surface area (Å²) in [7, 11) is 0. The van der Waals surface area contributed by atoms with Gasteiger partial charge in [0.1, 0.15) is 5.82 Å². The van der Waals surface area contributed by atoms with Crippen LogP contribution in [0, 0.1) is 5.82 Å². The van der Waals surface area contributed by atoms with E-state index in [1.165, 1.54) is 6.07 Å². The Bertz CT molecular complexity index is 574. The molecule has 112 valence electrons. The number of nitrogens with one attached hydrogen (secondary N) is 1. The monoisotopic (exact) mass is 350 g/mol. The predicted octanol–water partition coefficient (Wildman–Crippen LogP) is 4.83. The van der Waals surface area contributed by atoms with E-state index >= 15 is 0 Å². The van der Waals surface area contributed by atoms with Crippen LogP contribution < -0.4 is 5.32 Å². The summed E-state index contributed by atoms with van der Waals surface area (Å²) in [5.41, 5.74) is 1.93. The lowest BCUT2D eigenvalue weighted by atomic mass is 9.91. The van der Waals surface area contributed by atoms with Crippen molar-refractivity contribution in [2.45, 2.75) is 32.2 Å². The number of aromatic nitrogens is 1. The van der Waals surface area contributed by atoms with E-state index in [2.05, 4.69) is 40.1 Å². The van der Waals surface area contributed by atoms with Gasteiger partial charge in [-0.15, -0.1) is 0 Å². The lowest BCUT2D eigenvalue weighted by Crippen LogP contribution is -2.27. The highest BCUT2D eigenvalue weighted by Gasteiger charge is 2.24. The Hall–Kier alpha value is -1.26. The van der Waals surface area contributed by atoms with Gasteiger partial charge >= 0.3 is 0 Å². The fourth-order valence-electron chi connectivity index (χ4n) is 2.43. The van der Waals surface area contributed by atoms with Crippen LogP contribution in [-0.2, 0) is 0 Å². The summed E-state index contributed by atoms with van der Waals surface area (Å²) in [4.78, 5) is 4.44. The summed E-state index contributed by atoms with van der Waals surface area (Å²) in [5.74, 6) is -0.0835. The van der Waals surface area contributed by atoms with E-state index in [0.717, 1.165) is 24.2 Å². The second-order valence-corrected chi connectivity index (χ2v) is 5.91. The number of pyridine rings is 1. The third-order valence-electron chi connectivity index (χ3n) is 3.59. The molecule has 4 heteroatoms. The molecule has 0 fully saturated rings. The molecule has 2 nitrogen and oxygen atoms in total. The topological polar surface area (TPSA) is 24.9 Å². The molecular formula is C17H20BrFN2. The molecule has 0 amide bonds. The Balaban J connectivity index is 2.36. The number of benzene rings is 1. The highest BCUT2D eigenvalue weighted by atomic mass is 79.9. The third kappa shape index (κ3) is 3.89. The molecule has 2 aromatic rings. The van der Waals surface area contributed by atoms with Crippen LogP contribution in [0.15, 0.2) is 47.1 Å². The molecule has 1 aromatic heterocycles. The van der Waals surface area contributed by atoms with Crippen molar-refractivity contribution in [3.8, 4) is 0 Å². The van der Waals surface area contributed by atoms with Crippen molar-refractivity contribution < 1.29 is 4.39 Å². The summed E-state index contributed by atoms with van der Waals surface area (Å²) < 4.78 is 14.4. The van der Waals surface area contributed by atoms with E-state index in [9.17, 15) is 4.39 Å². The van der Waals surface area contributed by atoms with Crippen LogP contribution in [0.25, 0.3) is 0 Å². The first-order chi connectivity index (χ1) is 10.1. The van der Waals surface area contributed by atoms with E-state index in [4.69, 9.17) is 0 Å². The standard InChI is InChI=1S/C17H20BrFN2/c1-3-10-21-17(12(2)15-9-4-5-11-20-15)13-7-6-8-14(19)16(13)18/h4-9,11-12,17,21H,3,10H2,1-2H3. The zero-order valence-corrected chi connectivity index (χ0v) is 13.9. The van der Waals surface area contributed by atoms with Gasteiger partial charge in [0.2, 0.25) is 0 Å². The molecule has 0 radical (unpaired) electrons. The minimum absolute atomic E-state index is 0.0184. The zero-order chi connectivity index (χ0) is 15.2. The van der Waals surface area contributed by atoms with Crippen LogP contribution >= 0.6 is 15.9 Å². The summed E-state index contributed by atoms with van der Waals surface area (Å²) >= 11 is 3.38. The number of halogens is 2. The highest BCUT2D eigenvalue weighted by Crippen LogP contribution is 2.34. The summed E-state index contributed by atoms with van der Waals surface area (Å²) in [6.07, 6.45) is 2.82. The Morgan fingerprint density at radius 1 is 1.24 bits per heavy atom. The molecule has 1 aromatic carbocycles. The van der Waals surface area contributed by atoms with Crippen LogP contribution in [0.1, 0.15) is 43.5 Å². The van der Waals surface area contributed by atoms with E-state index < -0.39 is 0 Å². The second kappa shape index (κ2) is 7.66. The third-order valence-corrected chi connectivity index (χ3v) is 4.42. The smallest absolute Gasteiger partial charge is 0.137 e. The number of hydrogen-bond donors (Lipinski definition) is 1. The molecule has 0 aliphatic rings. The van der Waals surface area contributed by atoms with Crippen molar-refractivity contribution in [1.82, 2.24) is 10.3 Å². The predicted molar refractivity (Wildman–Crippen MR) is 87.8 cm³/mol.